The number of nitriles is 1. The number of ether oxygens (including phenoxy) is 3. The highest BCUT2D eigenvalue weighted by Gasteiger charge is 2.35. The Hall–Kier alpha value is -3.28. The fraction of sp³-hybridized carbons (Fsp3) is 0.500. The molecule has 2 aliphatic rings. The number of carbonyl (C=O) groups excluding carboxylic acids is 3. The molecular formula is C20H23N3O6. The summed E-state index contributed by atoms with van der Waals surface area (Å²) in [5, 5.41) is 14.6. The summed E-state index contributed by atoms with van der Waals surface area (Å²) >= 11 is 0. The van der Waals surface area contributed by atoms with Crippen LogP contribution >= 0.6 is 0 Å². The third-order valence-corrected chi connectivity index (χ3v) is 4.99. The monoisotopic (exact) mass is 401 g/mol. The summed E-state index contributed by atoms with van der Waals surface area (Å²) in [7, 11) is 0. The van der Waals surface area contributed by atoms with E-state index in [1.807, 2.05) is 0 Å². The second-order valence-corrected chi connectivity index (χ2v) is 7.13. The summed E-state index contributed by atoms with van der Waals surface area (Å²) in [6.07, 6.45) is 2.87. The van der Waals surface area contributed by atoms with E-state index in [0.29, 0.717) is 29.9 Å². The smallest absolute Gasteiger partial charge is 0.326 e. The normalized spacial score (nSPS) is 17.5. The summed E-state index contributed by atoms with van der Waals surface area (Å²) in [5.74, 6) is -0.753. The first-order valence-electron chi connectivity index (χ1n) is 9.53. The maximum Gasteiger partial charge on any atom is 0.326 e. The second kappa shape index (κ2) is 8.82. The van der Waals surface area contributed by atoms with E-state index in [2.05, 4.69) is 16.7 Å². The molecule has 0 saturated heterocycles. The Balaban J connectivity index is 1.46. The summed E-state index contributed by atoms with van der Waals surface area (Å²) in [6, 6.07) is 6.86. The van der Waals surface area contributed by atoms with Gasteiger partial charge in [0.15, 0.2) is 17.6 Å². The molecule has 1 heterocycles. The number of carbonyl (C=O) groups is 3. The number of esters is 1. The third-order valence-electron chi connectivity index (χ3n) is 4.99. The van der Waals surface area contributed by atoms with Crippen molar-refractivity contribution in [3.8, 4) is 17.6 Å². The lowest BCUT2D eigenvalue weighted by Crippen LogP contribution is -2.52. The standard InChI is InChI=1S/C20H23N3O6/c1-13(18(25)23-20(11-21)7-3-2-4-8-20)29-17(24)10-22-19(26)14-5-6-15-16(9-14)28-12-27-15/h5-6,9,13H,2-4,7-8,10,12H2,1H3,(H,22,26)(H,23,25)/t13-/m0/s1. The Labute approximate surface area is 168 Å². The van der Waals surface area contributed by atoms with Crippen LogP contribution in [0.3, 0.4) is 0 Å². The maximum atomic E-state index is 12.3. The van der Waals surface area contributed by atoms with Crippen molar-refractivity contribution in [3.05, 3.63) is 23.8 Å². The Kier molecular flexibility index (Phi) is 6.22. The van der Waals surface area contributed by atoms with Crippen molar-refractivity contribution in [2.45, 2.75) is 50.7 Å². The Morgan fingerprint density at radius 2 is 1.93 bits per heavy atom. The molecule has 1 aromatic rings. The molecule has 154 valence electrons. The van der Waals surface area contributed by atoms with Crippen LogP contribution in [-0.4, -0.2) is 42.8 Å². The average molecular weight is 401 g/mol. The number of hydrogen-bond acceptors (Lipinski definition) is 7. The van der Waals surface area contributed by atoms with Crippen LogP contribution in [0.15, 0.2) is 18.2 Å². The Morgan fingerprint density at radius 1 is 1.21 bits per heavy atom. The minimum Gasteiger partial charge on any atom is -0.454 e. The van der Waals surface area contributed by atoms with Crippen LogP contribution in [0.5, 0.6) is 11.5 Å². The van der Waals surface area contributed by atoms with Gasteiger partial charge in [-0.05, 0) is 38.0 Å². The quantitative estimate of drug-likeness (QED) is 0.690. The SMILES string of the molecule is C[C@H](OC(=O)CNC(=O)c1ccc2c(c1)OCO2)C(=O)NC1(C#N)CCCCC1. The van der Waals surface area contributed by atoms with E-state index in [9.17, 15) is 19.6 Å². The average Bonchev–Trinajstić information content (AvgIpc) is 3.20. The summed E-state index contributed by atoms with van der Waals surface area (Å²) in [4.78, 5) is 36.5. The van der Waals surface area contributed by atoms with E-state index < -0.39 is 36.0 Å². The summed E-state index contributed by atoms with van der Waals surface area (Å²) < 4.78 is 15.5. The van der Waals surface area contributed by atoms with Crippen LogP contribution in [0, 0.1) is 11.3 Å². The van der Waals surface area contributed by atoms with Gasteiger partial charge in [0.05, 0.1) is 6.07 Å². The molecule has 2 N–H and O–H groups in total. The maximum absolute atomic E-state index is 12.3. The molecule has 0 radical (unpaired) electrons. The topological polar surface area (TPSA) is 127 Å². The second-order valence-electron chi connectivity index (χ2n) is 7.13. The van der Waals surface area contributed by atoms with Crippen LogP contribution in [0.2, 0.25) is 0 Å². The van der Waals surface area contributed by atoms with Gasteiger partial charge in [-0.2, -0.15) is 5.26 Å². The highest BCUT2D eigenvalue weighted by Crippen LogP contribution is 2.32. The van der Waals surface area contributed by atoms with E-state index >= 15 is 0 Å². The molecular weight excluding hydrogens is 378 g/mol. The summed E-state index contributed by atoms with van der Waals surface area (Å²) in [6.45, 7) is 1.13. The molecule has 0 unspecified atom stereocenters. The van der Waals surface area contributed by atoms with Gasteiger partial charge in [0, 0.05) is 5.56 Å². The number of amides is 2. The van der Waals surface area contributed by atoms with E-state index in [1.54, 1.807) is 12.1 Å². The van der Waals surface area contributed by atoms with E-state index in [-0.39, 0.29) is 6.79 Å². The largest absolute Gasteiger partial charge is 0.454 e. The fourth-order valence-corrected chi connectivity index (χ4v) is 3.34. The Bertz CT molecular complexity index is 841. The molecule has 1 aliphatic carbocycles. The number of hydrogen-bond donors (Lipinski definition) is 2. The van der Waals surface area contributed by atoms with Crippen molar-refractivity contribution in [2.24, 2.45) is 0 Å². The lowest BCUT2D eigenvalue weighted by atomic mass is 9.83. The van der Waals surface area contributed by atoms with Gasteiger partial charge in [-0.25, -0.2) is 0 Å². The van der Waals surface area contributed by atoms with Gasteiger partial charge in [-0.1, -0.05) is 19.3 Å². The minimum absolute atomic E-state index is 0.0970. The molecule has 3 rings (SSSR count). The lowest BCUT2D eigenvalue weighted by molar-refractivity contribution is -0.154. The van der Waals surface area contributed by atoms with Crippen molar-refractivity contribution < 1.29 is 28.6 Å². The molecule has 0 spiro atoms. The van der Waals surface area contributed by atoms with Gasteiger partial charge in [0.25, 0.3) is 11.8 Å². The number of nitrogens with zero attached hydrogens (tertiary/aromatic N) is 1. The first-order chi connectivity index (χ1) is 13.9. The highest BCUT2D eigenvalue weighted by atomic mass is 16.7. The molecule has 1 aliphatic heterocycles. The molecule has 0 aromatic heterocycles. The van der Waals surface area contributed by atoms with Crippen molar-refractivity contribution in [1.29, 1.82) is 5.26 Å². The molecule has 1 saturated carbocycles. The van der Waals surface area contributed by atoms with Gasteiger partial charge in [-0.15, -0.1) is 0 Å². The van der Waals surface area contributed by atoms with Crippen LogP contribution in [0.1, 0.15) is 49.4 Å². The molecule has 2 amide bonds. The molecule has 9 heteroatoms. The third kappa shape index (κ3) is 4.96. The predicted octanol–water partition coefficient (Wildman–Crippen LogP) is 1.42. The molecule has 9 nitrogen and oxygen atoms in total. The predicted molar refractivity (Wildman–Crippen MR) is 100 cm³/mol. The number of nitrogens with one attached hydrogen (secondary N) is 2. The lowest BCUT2D eigenvalue weighted by Gasteiger charge is -2.32. The van der Waals surface area contributed by atoms with Crippen LogP contribution in [0.4, 0.5) is 0 Å². The van der Waals surface area contributed by atoms with Crippen LogP contribution in [-0.2, 0) is 14.3 Å². The Morgan fingerprint density at radius 3 is 2.66 bits per heavy atom. The van der Waals surface area contributed by atoms with Crippen molar-refractivity contribution in [1.82, 2.24) is 10.6 Å². The number of fused-ring (bicyclic) bond motifs is 1. The molecule has 1 aromatic carbocycles. The number of benzene rings is 1. The van der Waals surface area contributed by atoms with Crippen LogP contribution in [0.25, 0.3) is 0 Å². The zero-order valence-corrected chi connectivity index (χ0v) is 16.2. The molecule has 1 atom stereocenters. The van der Waals surface area contributed by atoms with Crippen LogP contribution < -0.4 is 20.1 Å². The highest BCUT2D eigenvalue weighted by molar-refractivity contribution is 5.96. The first-order valence-corrected chi connectivity index (χ1v) is 9.53. The molecule has 29 heavy (non-hydrogen) atoms. The first kappa shape index (κ1) is 20.5. The van der Waals surface area contributed by atoms with Gasteiger partial charge in [0.2, 0.25) is 6.79 Å². The van der Waals surface area contributed by atoms with Gasteiger partial charge < -0.3 is 24.8 Å². The van der Waals surface area contributed by atoms with Crippen molar-refractivity contribution >= 4 is 17.8 Å². The van der Waals surface area contributed by atoms with E-state index in [4.69, 9.17) is 14.2 Å². The van der Waals surface area contributed by atoms with Gasteiger partial charge in [-0.3, -0.25) is 14.4 Å². The molecule has 1 fully saturated rings. The minimum atomic E-state index is -1.07. The zero-order chi connectivity index (χ0) is 20.9. The van der Waals surface area contributed by atoms with E-state index in [0.717, 1.165) is 19.3 Å². The van der Waals surface area contributed by atoms with Crippen molar-refractivity contribution in [3.63, 3.8) is 0 Å². The zero-order valence-electron chi connectivity index (χ0n) is 16.2. The van der Waals surface area contributed by atoms with E-state index in [1.165, 1.54) is 13.0 Å². The van der Waals surface area contributed by atoms with Gasteiger partial charge >= 0.3 is 5.97 Å². The van der Waals surface area contributed by atoms with Crippen molar-refractivity contribution in [2.75, 3.05) is 13.3 Å². The number of rotatable bonds is 6. The summed E-state index contributed by atoms with van der Waals surface area (Å²) in [5.41, 5.74) is -0.593. The fourth-order valence-electron chi connectivity index (χ4n) is 3.34. The molecule has 0 bridgehead atoms. The van der Waals surface area contributed by atoms with Gasteiger partial charge in [0.1, 0.15) is 12.1 Å².